The van der Waals surface area contributed by atoms with E-state index in [1.165, 1.54) is 24.3 Å². The summed E-state index contributed by atoms with van der Waals surface area (Å²) in [6, 6.07) is 24.9. The average molecular weight is 439 g/mol. The number of ether oxygens (including phenoxy) is 1. The molecule has 5 rings (SSSR count). The lowest BCUT2D eigenvalue weighted by Crippen LogP contribution is -2.05. The molecule has 1 aromatic heterocycles. The third kappa shape index (κ3) is 4.01. The van der Waals surface area contributed by atoms with Crippen LogP contribution in [0, 0.1) is 11.6 Å². The fraction of sp³-hybridized carbons (Fsp3) is 0.0357. The van der Waals surface area contributed by atoms with Crippen molar-refractivity contribution < 1.29 is 13.5 Å². The predicted molar refractivity (Wildman–Crippen MR) is 127 cm³/mol. The quantitative estimate of drug-likeness (QED) is 0.334. The van der Waals surface area contributed by atoms with Crippen LogP contribution in [0.1, 0.15) is 0 Å². The molecule has 4 aromatic carbocycles. The van der Waals surface area contributed by atoms with Crippen molar-refractivity contribution in [2.24, 2.45) is 0 Å². The van der Waals surface area contributed by atoms with Crippen LogP contribution in [0.25, 0.3) is 44.4 Å². The molecule has 0 amide bonds. The maximum Gasteiger partial charge on any atom is 0.190 e. The number of aromatic amines is 1. The largest absolute Gasteiger partial charge is 0.497 e. The molecule has 0 aliphatic heterocycles. The van der Waals surface area contributed by atoms with Crippen LogP contribution in [-0.4, -0.2) is 12.1 Å². The van der Waals surface area contributed by atoms with Gasteiger partial charge in [-0.3, -0.25) is 4.79 Å². The molecule has 0 aliphatic rings. The van der Waals surface area contributed by atoms with Gasteiger partial charge < -0.3 is 9.72 Å². The van der Waals surface area contributed by atoms with Gasteiger partial charge in [0, 0.05) is 11.8 Å². The van der Waals surface area contributed by atoms with E-state index in [0.717, 1.165) is 22.4 Å². The zero-order chi connectivity index (χ0) is 22.9. The summed E-state index contributed by atoms with van der Waals surface area (Å²) < 4.78 is 32.3. The molecule has 162 valence electrons. The number of nitrogens with one attached hydrogen (secondary N) is 1. The Morgan fingerprint density at radius 2 is 1.24 bits per heavy atom. The van der Waals surface area contributed by atoms with Crippen molar-refractivity contribution in [1.29, 1.82) is 0 Å². The highest BCUT2D eigenvalue weighted by atomic mass is 19.1. The van der Waals surface area contributed by atoms with E-state index in [0.29, 0.717) is 27.7 Å². The minimum Gasteiger partial charge on any atom is -0.497 e. The van der Waals surface area contributed by atoms with Crippen LogP contribution >= 0.6 is 0 Å². The number of hydrogen-bond acceptors (Lipinski definition) is 2. The lowest BCUT2D eigenvalue weighted by molar-refractivity contribution is 0.415. The molecule has 33 heavy (non-hydrogen) atoms. The van der Waals surface area contributed by atoms with Crippen LogP contribution in [0.5, 0.6) is 5.75 Å². The normalized spacial score (nSPS) is 11.0. The molecule has 0 radical (unpaired) electrons. The van der Waals surface area contributed by atoms with Crippen molar-refractivity contribution in [2.45, 2.75) is 0 Å². The van der Waals surface area contributed by atoms with Crippen molar-refractivity contribution in [3.63, 3.8) is 0 Å². The van der Waals surface area contributed by atoms with E-state index in [-0.39, 0.29) is 17.1 Å². The molecule has 3 nitrogen and oxygen atoms in total. The zero-order valence-corrected chi connectivity index (χ0v) is 17.7. The van der Waals surface area contributed by atoms with Crippen LogP contribution in [0.3, 0.4) is 0 Å². The lowest BCUT2D eigenvalue weighted by atomic mass is 9.94. The smallest absolute Gasteiger partial charge is 0.190 e. The van der Waals surface area contributed by atoms with E-state index >= 15 is 0 Å². The predicted octanol–water partition coefficient (Wildman–Crippen LogP) is 6.82. The molecule has 0 fully saturated rings. The summed E-state index contributed by atoms with van der Waals surface area (Å²) in [4.78, 5) is 16.7. The molecular formula is C28H19F2NO2. The summed E-state index contributed by atoms with van der Waals surface area (Å²) in [6.07, 6.45) is 0. The van der Waals surface area contributed by atoms with Crippen LogP contribution in [-0.2, 0) is 0 Å². The van der Waals surface area contributed by atoms with Gasteiger partial charge in [-0.05, 0) is 88.5 Å². The third-order valence-corrected chi connectivity index (χ3v) is 5.66. The van der Waals surface area contributed by atoms with Crippen molar-refractivity contribution in [1.82, 2.24) is 4.98 Å². The summed E-state index contributed by atoms with van der Waals surface area (Å²) in [6.45, 7) is 0. The highest BCUT2D eigenvalue weighted by Crippen LogP contribution is 2.33. The van der Waals surface area contributed by atoms with Crippen molar-refractivity contribution in [3.8, 4) is 39.3 Å². The molecular weight excluding hydrogens is 420 g/mol. The SMILES string of the molecule is COc1ccc(-c2cc(=O)c3c(-c4ccc(F)cc4)cc(-c4ccc(F)cc4)cc3[nH]2)cc1. The lowest BCUT2D eigenvalue weighted by Gasteiger charge is -2.13. The van der Waals surface area contributed by atoms with E-state index in [9.17, 15) is 13.6 Å². The fourth-order valence-electron chi connectivity index (χ4n) is 3.98. The number of rotatable bonds is 4. The number of aromatic nitrogens is 1. The van der Waals surface area contributed by atoms with Crippen LogP contribution in [0.2, 0.25) is 0 Å². The van der Waals surface area contributed by atoms with Crippen LogP contribution in [0.4, 0.5) is 8.78 Å². The Labute approximate surface area is 188 Å². The Morgan fingerprint density at radius 1 is 0.667 bits per heavy atom. The Bertz CT molecular complexity index is 1500. The fourth-order valence-corrected chi connectivity index (χ4v) is 3.98. The number of pyridine rings is 1. The first-order valence-corrected chi connectivity index (χ1v) is 10.4. The van der Waals surface area contributed by atoms with E-state index in [1.54, 1.807) is 37.4 Å². The van der Waals surface area contributed by atoms with E-state index in [1.807, 2.05) is 36.4 Å². The number of halogens is 2. The molecule has 0 unspecified atom stereocenters. The van der Waals surface area contributed by atoms with Crippen LogP contribution < -0.4 is 10.2 Å². The molecule has 1 N–H and O–H groups in total. The average Bonchev–Trinajstić information content (AvgIpc) is 2.84. The molecule has 5 aromatic rings. The summed E-state index contributed by atoms with van der Waals surface area (Å²) in [5.41, 5.74) is 4.99. The van der Waals surface area contributed by atoms with Gasteiger partial charge in [-0.15, -0.1) is 0 Å². The highest BCUT2D eigenvalue weighted by molar-refractivity contribution is 5.99. The minimum absolute atomic E-state index is 0.153. The van der Waals surface area contributed by atoms with Gasteiger partial charge in [-0.2, -0.15) is 0 Å². The molecule has 0 spiro atoms. The maximum atomic E-state index is 13.6. The Hall–Kier alpha value is -4.25. The molecule has 0 saturated carbocycles. The zero-order valence-electron chi connectivity index (χ0n) is 17.7. The van der Waals surface area contributed by atoms with Gasteiger partial charge >= 0.3 is 0 Å². The van der Waals surface area contributed by atoms with E-state index in [2.05, 4.69) is 4.98 Å². The summed E-state index contributed by atoms with van der Waals surface area (Å²) in [7, 11) is 1.60. The van der Waals surface area contributed by atoms with E-state index in [4.69, 9.17) is 4.74 Å². The molecule has 0 aliphatic carbocycles. The van der Waals surface area contributed by atoms with Gasteiger partial charge in [0.2, 0.25) is 0 Å². The minimum atomic E-state index is -0.353. The monoisotopic (exact) mass is 439 g/mol. The number of benzene rings is 4. The second-order valence-electron chi connectivity index (χ2n) is 7.74. The third-order valence-electron chi connectivity index (χ3n) is 5.66. The molecule has 0 saturated heterocycles. The van der Waals surface area contributed by atoms with Crippen molar-refractivity contribution >= 4 is 10.9 Å². The first kappa shape index (κ1) is 20.6. The molecule has 1 heterocycles. The second kappa shape index (κ2) is 8.36. The topological polar surface area (TPSA) is 42.1 Å². The first-order valence-electron chi connectivity index (χ1n) is 10.4. The number of hydrogen-bond donors (Lipinski definition) is 1. The number of methoxy groups -OCH3 is 1. The van der Waals surface area contributed by atoms with Crippen molar-refractivity contribution in [3.05, 3.63) is 113 Å². The molecule has 5 heteroatoms. The Kier molecular flexibility index (Phi) is 5.23. The maximum absolute atomic E-state index is 13.6. The van der Waals surface area contributed by atoms with Gasteiger partial charge in [0.05, 0.1) is 18.0 Å². The van der Waals surface area contributed by atoms with Gasteiger partial charge in [0.1, 0.15) is 17.4 Å². The van der Waals surface area contributed by atoms with E-state index < -0.39 is 0 Å². The first-order chi connectivity index (χ1) is 16.0. The summed E-state index contributed by atoms with van der Waals surface area (Å²) in [5.74, 6) is 0.0426. The summed E-state index contributed by atoms with van der Waals surface area (Å²) >= 11 is 0. The Balaban J connectivity index is 1.77. The van der Waals surface area contributed by atoms with Crippen LogP contribution in [0.15, 0.2) is 95.8 Å². The van der Waals surface area contributed by atoms with Gasteiger partial charge in [0.15, 0.2) is 5.43 Å². The summed E-state index contributed by atoms with van der Waals surface area (Å²) in [5, 5.41) is 0.504. The van der Waals surface area contributed by atoms with Crippen molar-refractivity contribution in [2.75, 3.05) is 7.11 Å². The number of fused-ring (bicyclic) bond motifs is 1. The molecule has 0 bridgehead atoms. The van der Waals surface area contributed by atoms with Gasteiger partial charge in [0.25, 0.3) is 0 Å². The Morgan fingerprint density at radius 3 is 1.85 bits per heavy atom. The second-order valence-corrected chi connectivity index (χ2v) is 7.74. The standard InChI is InChI=1S/C28H19F2NO2/c1-33-23-12-6-19(7-13-23)25-16-27(32)28-24(18-4-10-22(30)11-5-18)14-20(15-26(28)31-25)17-2-8-21(29)9-3-17/h2-16H,1H3,(H,31,32). The van der Waals surface area contributed by atoms with Gasteiger partial charge in [-0.1, -0.05) is 24.3 Å². The highest BCUT2D eigenvalue weighted by Gasteiger charge is 2.14. The number of H-pyrrole nitrogens is 1. The van der Waals surface area contributed by atoms with Gasteiger partial charge in [-0.25, -0.2) is 8.78 Å². The molecule has 0 atom stereocenters.